The number of halogens is 3. The zero-order valence-corrected chi connectivity index (χ0v) is 8.77. The first-order valence-corrected chi connectivity index (χ1v) is 5.33. The number of H-pyrrole nitrogens is 1. The van der Waals surface area contributed by atoms with Crippen molar-refractivity contribution in [3.05, 3.63) is 17.2 Å². The second-order valence-electron chi connectivity index (χ2n) is 4.23. The largest absolute Gasteiger partial charge is 0.389 e. The van der Waals surface area contributed by atoms with Crippen molar-refractivity contribution in [3.8, 4) is 0 Å². The molecule has 1 atom stereocenters. The lowest BCUT2D eigenvalue weighted by molar-refractivity contribution is -0.134. The summed E-state index contributed by atoms with van der Waals surface area (Å²) in [5.41, 5.74) is 7.58. The molecule has 0 amide bonds. The second kappa shape index (κ2) is 4.08. The minimum absolute atomic E-state index is 0.0776. The lowest BCUT2D eigenvalue weighted by atomic mass is 9.97. The van der Waals surface area contributed by atoms with Crippen LogP contribution in [0.2, 0.25) is 0 Å². The Bertz CT molecular complexity index is 370. The van der Waals surface area contributed by atoms with Gasteiger partial charge in [-0.2, -0.15) is 13.2 Å². The van der Waals surface area contributed by atoms with Crippen LogP contribution in [0.4, 0.5) is 13.2 Å². The van der Waals surface area contributed by atoms with Crippen molar-refractivity contribution < 1.29 is 13.2 Å². The number of nitrogens with two attached hydrogens (primary N) is 1. The van der Waals surface area contributed by atoms with Crippen molar-refractivity contribution >= 4 is 0 Å². The Hall–Kier alpha value is -1.04. The Morgan fingerprint density at radius 1 is 1.44 bits per heavy atom. The number of fused-ring (bicyclic) bond motifs is 1. The van der Waals surface area contributed by atoms with Crippen molar-refractivity contribution in [3.63, 3.8) is 0 Å². The van der Waals surface area contributed by atoms with Gasteiger partial charge in [0, 0.05) is 24.6 Å². The predicted octanol–water partition coefficient (Wildman–Crippen LogP) is 1.72. The molecule has 0 saturated carbocycles. The number of aromatic nitrogens is 2. The molecule has 0 radical (unpaired) electrons. The zero-order valence-electron chi connectivity index (χ0n) is 8.77. The van der Waals surface area contributed by atoms with E-state index in [0.29, 0.717) is 12.2 Å². The standard InChI is InChI=1S/C10H14F3N3/c11-10(12,13)4-3-9-15-7-2-1-6(14)5-8(7)16-9/h6H,1-5,14H2,(H,15,16). The van der Waals surface area contributed by atoms with Crippen LogP contribution in [0.1, 0.15) is 30.1 Å². The van der Waals surface area contributed by atoms with Gasteiger partial charge in [-0.15, -0.1) is 0 Å². The first kappa shape index (κ1) is 11.4. The Balaban J connectivity index is 2.02. The molecule has 0 saturated heterocycles. The van der Waals surface area contributed by atoms with Crippen LogP contribution in [-0.2, 0) is 19.3 Å². The molecule has 3 nitrogen and oxygen atoms in total. The van der Waals surface area contributed by atoms with Crippen molar-refractivity contribution in [2.75, 3.05) is 0 Å². The lowest BCUT2D eigenvalue weighted by Crippen LogP contribution is -2.27. The summed E-state index contributed by atoms with van der Waals surface area (Å²) >= 11 is 0. The van der Waals surface area contributed by atoms with Gasteiger partial charge in [0.25, 0.3) is 0 Å². The Morgan fingerprint density at radius 3 is 2.88 bits per heavy atom. The highest BCUT2D eigenvalue weighted by atomic mass is 19.4. The van der Waals surface area contributed by atoms with Crippen molar-refractivity contribution in [2.45, 2.75) is 44.3 Å². The molecular formula is C10H14F3N3. The summed E-state index contributed by atoms with van der Waals surface area (Å²) in [6, 6.07) is 0.100. The maximum atomic E-state index is 12.0. The van der Waals surface area contributed by atoms with E-state index in [9.17, 15) is 13.2 Å². The van der Waals surface area contributed by atoms with Crippen LogP contribution in [0.25, 0.3) is 0 Å². The van der Waals surface area contributed by atoms with Gasteiger partial charge in [0.05, 0.1) is 12.1 Å². The van der Waals surface area contributed by atoms with Gasteiger partial charge in [-0.1, -0.05) is 0 Å². The Kier molecular flexibility index (Phi) is 2.92. The molecule has 6 heteroatoms. The molecule has 1 unspecified atom stereocenters. The van der Waals surface area contributed by atoms with E-state index >= 15 is 0 Å². The van der Waals surface area contributed by atoms with E-state index in [1.807, 2.05) is 0 Å². The molecule has 1 aliphatic carbocycles. The predicted molar refractivity (Wildman–Crippen MR) is 53.0 cm³/mol. The van der Waals surface area contributed by atoms with Crippen LogP contribution >= 0.6 is 0 Å². The van der Waals surface area contributed by atoms with E-state index in [1.54, 1.807) is 0 Å². The second-order valence-corrected chi connectivity index (χ2v) is 4.23. The van der Waals surface area contributed by atoms with Crippen molar-refractivity contribution in [2.24, 2.45) is 5.73 Å². The van der Waals surface area contributed by atoms with Gasteiger partial charge in [0.15, 0.2) is 0 Å². The third-order valence-corrected chi connectivity index (χ3v) is 2.78. The Morgan fingerprint density at radius 2 is 2.19 bits per heavy atom. The molecule has 16 heavy (non-hydrogen) atoms. The lowest BCUT2D eigenvalue weighted by Gasteiger charge is -2.16. The van der Waals surface area contributed by atoms with Gasteiger partial charge in [-0.05, 0) is 12.8 Å². The molecule has 2 rings (SSSR count). The highest BCUT2D eigenvalue weighted by molar-refractivity contribution is 5.19. The van der Waals surface area contributed by atoms with Crippen LogP contribution in [0.3, 0.4) is 0 Å². The fraction of sp³-hybridized carbons (Fsp3) is 0.700. The Labute approximate surface area is 91.2 Å². The highest BCUT2D eigenvalue weighted by Gasteiger charge is 2.28. The molecule has 1 heterocycles. The van der Waals surface area contributed by atoms with Crippen molar-refractivity contribution in [1.29, 1.82) is 0 Å². The molecule has 1 aromatic rings. The molecular weight excluding hydrogens is 219 g/mol. The monoisotopic (exact) mass is 233 g/mol. The van der Waals surface area contributed by atoms with Gasteiger partial charge in [0.2, 0.25) is 0 Å². The quantitative estimate of drug-likeness (QED) is 0.817. The zero-order chi connectivity index (χ0) is 11.8. The summed E-state index contributed by atoms with van der Waals surface area (Å²) in [5, 5.41) is 0. The third kappa shape index (κ3) is 2.75. The number of hydrogen-bond acceptors (Lipinski definition) is 2. The first-order chi connectivity index (χ1) is 7.44. The first-order valence-electron chi connectivity index (χ1n) is 5.33. The maximum absolute atomic E-state index is 12.0. The number of rotatable bonds is 2. The normalized spacial score (nSPS) is 20.9. The summed E-state index contributed by atoms with van der Waals surface area (Å²) in [6.07, 6.45) is -2.72. The van der Waals surface area contributed by atoms with Gasteiger partial charge < -0.3 is 10.7 Å². The van der Waals surface area contributed by atoms with Crippen LogP contribution in [0.5, 0.6) is 0 Å². The summed E-state index contributed by atoms with van der Waals surface area (Å²) < 4.78 is 36.1. The molecule has 0 fully saturated rings. The summed E-state index contributed by atoms with van der Waals surface area (Å²) in [7, 11) is 0. The number of alkyl halides is 3. The van der Waals surface area contributed by atoms with Crippen LogP contribution in [0.15, 0.2) is 0 Å². The molecule has 0 spiro atoms. The average Bonchev–Trinajstić information content (AvgIpc) is 2.55. The molecule has 1 aliphatic rings. The minimum Gasteiger partial charge on any atom is -0.346 e. The van der Waals surface area contributed by atoms with Crippen LogP contribution in [-0.4, -0.2) is 22.2 Å². The van der Waals surface area contributed by atoms with Gasteiger partial charge >= 0.3 is 6.18 Å². The van der Waals surface area contributed by atoms with Crippen LogP contribution < -0.4 is 5.73 Å². The van der Waals surface area contributed by atoms with Gasteiger partial charge in [-0.25, -0.2) is 4.98 Å². The number of nitrogens with zero attached hydrogens (tertiary/aromatic N) is 1. The summed E-state index contributed by atoms with van der Waals surface area (Å²) in [5.74, 6) is 0.427. The summed E-state index contributed by atoms with van der Waals surface area (Å²) in [4.78, 5) is 7.12. The number of aryl methyl sites for hydroxylation is 2. The number of imidazole rings is 1. The van der Waals surface area contributed by atoms with E-state index in [-0.39, 0.29) is 12.5 Å². The molecule has 0 aromatic carbocycles. The number of hydrogen-bond donors (Lipinski definition) is 2. The number of nitrogens with one attached hydrogen (secondary N) is 1. The maximum Gasteiger partial charge on any atom is 0.389 e. The fourth-order valence-corrected chi connectivity index (χ4v) is 1.95. The van der Waals surface area contributed by atoms with E-state index in [0.717, 1.165) is 24.2 Å². The van der Waals surface area contributed by atoms with Crippen molar-refractivity contribution in [1.82, 2.24) is 9.97 Å². The SMILES string of the molecule is NC1CCc2nc(CCC(F)(F)F)[nH]c2C1. The smallest absolute Gasteiger partial charge is 0.346 e. The topological polar surface area (TPSA) is 54.7 Å². The third-order valence-electron chi connectivity index (χ3n) is 2.78. The van der Waals surface area contributed by atoms with E-state index < -0.39 is 12.6 Å². The fourth-order valence-electron chi connectivity index (χ4n) is 1.95. The highest BCUT2D eigenvalue weighted by Crippen LogP contribution is 2.23. The average molecular weight is 233 g/mol. The van der Waals surface area contributed by atoms with E-state index in [2.05, 4.69) is 9.97 Å². The minimum atomic E-state index is -4.12. The molecule has 90 valence electrons. The number of aromatic amines is 1. The molecule has 0 aliphatic heterocycles. The molecule has 1 aromatic heterocycles. The molecule has 3 N–H and O–H groups in total. The van der Waals surface area contributed by atoms with Gasteiger partial charge in [-0.3, -0.25) is 0 Å². The molecule has 0 bridgehead atoms. The van der Waals surface area contributed by atoms with Gasteiger partial charge in [0.1, 0.15) is 5.82 Å². The van der Waals surface area contributed by atoms with E-state index in [4.69, 9.17) is 5.73 Å². The van der Waals surface area contributed by atoms with E-state index in [1.165, 1.54) is 0 Å². The summed E-state index contributed by atoms with van der Waals surface area (Å²) in [6.45, 7) is 0. The van der Waals surface area contributed by atoms with Crippen LogP contribution in [0, 0.1) is 0 Å².